The van der Waals surface area contributed by atoms with E-state index in [0.29, 0.717) is 10.7 Å². The number of ether oxygens (including phenoxy) is 1. The zero-order chi connectivity index (χ0) is 14.6. The summed E-state index contributed by atoms with van der Waals surface area (Å²) in [5.74, 6) is 0. The van der Waals surface area contributed by atoms with Crippen molar-refractivity contribution >= 4 is 16.4 Å². The van der Waals surface area contributed by atoms with Crippen molar-refractivity contribution in [2.45, 2.75) is 19.1 Å². The summed E-state index contributed by atoms with van der Waals surface area (Å²) >= 11 is 0. The lowest BCUT2D eigenvalue weighted by Gasteiger charge is -2.19. The number of carbonyl (C=O) groups excluding carboxylic acids is 1. The molecule has 1 atom stereocenters. The average molecular weight is 297 g/mol. The highest BCUT2D eigenvalue weighted by molar-refractivity contribution is 7.85. The Morgan fingerprint density at radius 3 is 2.80 bits per heavy atom. The van der Waals surface area contributed by atoms with Gasteiger partial charge in [-0.15, -0.1) is 6.58 Å². The van der Waals surface area contributed by atoms with Crippen LogP contribution in [0.15, 0.2) is 43.0 Å². The van der Waals surface area contributed by atoms with Crippen LogP contribution in [0.5, 0.6) is 0 Å². The summed E-state index contributed by atoms with van der Waals surface area (Å²) in [5, 5.41) is 0. The van der Waals surface area contributed by atoms with Crippen molar-refractivity contribution in [1.29, 1.82) is 0 Å². The van der Waals surface area contributed by atoms with Gasteiger partial charge in [0.25, 0.3) is 0 Å². The molecule has 1 aromatic rings. The molecule has 1 fully saturated rings. The van der Waals surface area contributed by atoms with Crippen molar-refractivity contribution in [3.8, 4) is 0 Å². The molecule has 20 heavy (non-hydrogen) atoms. The van der Waals surface area contributed by atoms with Crippen LogP contribution in [0.25, 0.3) is 0 Å². The molecule has 0 saturated carbocycles. The molecular formula is C13H15NO5S. The molecule has 7 heteroatoms. The Morgan fingerprint density at radius 2 is 2.15 bits per heavy atom. The van der Waals surface area contributed by atoms with Crippen LogP contribution in [0.3, 0.4) is 0 Å². The molecule has 0 unspecified atom stereocenters. The standard InChI is InChI=1S/C13H15NO5S/c1-2-6-12-10-19-20(16,17)14(12)13(15)18-9-11-7-4-3-5-8-11/h2-5,7-8,12H,1,6,9-10H2/t12-/m1/s1. The molecule has 0 aliphatic carbocycles. The Hall–Kier alpha value is -1.86. The van der Waals surface area contributed by atoms with Crippen LogP contribution >= 0.6 is 0 Å². The van der Waals surface area contributed by atoms with Gasteiger partial charge in [0.1, 0.15) is 6.61 Å². The van der Waals surface area contributed by atoms with Gasteiger partial charge in [0.2, 0.25) is 0 Å². The third-order valence-corrected chi connectivity index (χ3v) is 4.17. The maximum atomic E-state index is 11.9. The third kappa shape index (κ3) is 3.17. The van der Waals surface area contributed by atoms with E-state index in [2.05, 4.69) is 10.8 Å². The van der Waals surface area contributed by atoms with Gasteiger partial charge in [-0.1, -0.05) is 36.4 Å². The average Bonchev–Trinajstić information content (AvgIpc) is 2.73. The first-order valence-corrected chi connectivity index (χ1v) is 7.41. The second-order valence-electron chi connectivity index (χ2n) is 4.26. The molecule has 1 aliphatic rings. The summed E-state index contributed by atoms with van der Waals surface area (Å²) in [5.41, 5.74) is 0.777. The summed E-state index contributed by atoms with van der Waals surface area (Å²) in [6.07, 6.45) is 0.921. The lowest BCUT2D eigenvalue weighted by atomic mass is 10.2. The highest BCUT2D eigenvalue weighted by Crippen LogP contribution is 2.22. The Morgan fingerprint density at radius 1 is 1.45 bits per heavy atom. The fourth-order valence-corrected chi connectivity index (χ4v) is 3.04. The van der Waals surface area contributed by atoms with E-state index in [9.17, 15) is 13.2 Å². The minimum absolute atomic E-state index is 0.00645. The van der Waals surface area contributed by atoms with Gasteiger partial charge in [-0.25, -0.2) is 4.79 Å². The Kier molecular flexibility index (Phi) is 4.41. The molecular weight excluding hydrogens is 282 g/mol. The van der Waals surface area contributed by atoms with E-state index in [1.807, 2.05) is 6.07 Å². The second-order valence-corrected chi connectivity index (χ2v) is 5.74. The number of benzene rings is 1. The van der Waals surface area contributed by atoms with Crippen molar-refractivity contribution in [1.82, 2.24) is 4.31 Å². The van der Waals surface area contributed by atoms with Crippen molar-refractivity contribution in [3.63, 3.8) is 0 Å². The van der Waals surface area contributed by atoms with Gasteiger partial charge in [0.05, 0.1) is 12.6 Å². The monoisotopic (exact) mass is 297 g/mol. The normalized spacial score (nSPS) is 20.6. The van der Waals surface area contributed by atoms with Gasteiger partial charge in [-0.05, 0) is 12.0 Å². The highest BCUT2D eigenvalue weighted by atomic mass is 32.2. The third-order valence-electron chi connectivity index (χ3n) is 2.81. The van der Waals surface area contributed by atoms with Crippen LogP contribution in [0.2, 0.25) is 0 Å². The van der Waals surface area contributed by atoms with Gasteiger partial charge in [-0.3, -0.25) is 4.18 Å². The minimum Gasteiger partial charge on any atom is -0.444 e. The number of carbonyl (C=O) groups is 1. The van der Waals surface area contributed by atoms with Crippen LogP contribution in [0.4, 0.5) is 4.79 Å². The highest BCUT2D eigenvalue weighted by Gasteiger charge is 2.42. The van der Waals surface area contributed by atoms with E-state index in [1.165, 1.54) is 6.08 Å². The maximum absolute atomic E-state index is 11.9. The van der Waals surface area contributed by atoms with E-state index in [0.717, 1.165) is 5.56 Å². The molecule has 0 spiro atoms. The molecule has 0 bridgehead atoms. The smallest absolute Gasteiger partial charge is 0.426 e. The molecule has 1 aromatic carbocycles. The first-order chi connectivity index (χ1) is 9.54. The molecule has 0 radical (unpaired) electrons. The number of hydrogen-bond acceptors (Lipinski definition) is 5. The Bertz CT molecular complexity index is 584. The summed E-state index contributed by atoms with van der Waals surface area (Å²) in [7, 11) is -4.05. The quantitative estimate of drug-likeness (QED) is 0.793. The lowest BCUT2D eigenvalue weighted by molar-refractivity contribution is 0.113. The van der Waals surface area contributed by atoms with Crippen molar-refractivity contribution in [3.05, 3.63) is 48.6 Å². The lowest BCUT2D eigenvalue weighted by Crippen LogP contribution is -2.39. The first kappa shape index (κ1) is 14.5. The van der Waals surface area contributed by atoms with Crippen LogP contribution in [0, 0.1) is 0 Å². The molecule has 0 aromatic heterocycles. The van der Waals surface area contributed by atoms with Gasteiger partial charge >= 0.3 is 16.4 Å². The first-order valence-electron chi connectivity index (χ1n) is 6.05. The van der Waals surface area contributed by atoms with Crippen molar-refractivity contribution in [2.24, 2.45) is 0 Å². The number of hydrogen-bond donors (Lipinski definition) is 0. The molecule has 1 heterocycles. The maximum Gasteiger partial charge on any atom is 0.426 e. The van der Waals surface area contributed by atoms with E-state index >= 15 is 0 Å². The molecule has 1 saturated heterocycles. The van der Waals surface area contributed by atoms with Gasteiger partial charge in [0, 0.05) is 0 Å². The number of amides is 1. The van der Waals surface area contributed by atoms with Gasteiger partial charge < -0.3 is 4.74 Å². The van der Waals surface area contributed by atoms with E-state index in [4.69, 9.17) is 4.74 Å². The molecule has 1 amide bonds. The fraction of sp³-hybridized carbons (Fsp3) is 0.308. The van der Waals surface area contributed by atoms with Gasteiger partial charge in [-0.2, -0.15) is 12.7 Å². The number of nitrogens with zero attached hydrogens (tertiary/aromatic N) is 1. The zero-order valence-electron chi connectivity index (χ0n) is 10.8. The van der Waals surface area contributed by atoms with Crippen LogP contribution in [-0.4, -0.2) is 31.5 Å². The SMILES string of the molecule is C=CC[C@@H]1COS(=O)(=O)N1C(=O)OCc1ccccc1. The largest absolute Gasteiger partial charge is 0.444 e. The van der Waals surface area contributed by atoms with E-state index in [1.54, 1.807) is 24.3 Å². The Balaban J connectivity index is 2.04. The summed E-state index contributed by atoms with van der Waals surface area (Å²) in [6, 6.07) is 8.41. The fourth-order valence-electron chi connectivity index (χ4n) is 1.85. The number of rotatable bonds is 4. The van der Waals surface area contributed by atoms with Gasteiger partial charge in [0.15, 0.2) is 0 Å². The summed E-state index contributed by atoms with van der Waals surface area (Å²) < 4.78 is 33.6. The predicted molar refractivity (Wildman–Crippen MR) is 71.9 cm³/mol. The van der Waals surface area contributed by atoms with Crippen molar-refractivity contribution in [2.75, 3.05) is 6.61 Å². The Labute approximate surface area is 117 Å². The molecule has 108 valence electrons. The van der Waals surface area contributed by atoms with Crippen LogP contribution in [-0.2, 0) is 25.8 Å². The summed E-state index contributed by atoms with van der Waals surface area (Å²) in [4.78, 5) is 11.9. The van der Waals surface area contributed by atoms with Crippen LogP contribution in [0.1, 0.15) is 12.0 Å². The van der Waals surface area contributed by atoms with Crippen LogP contribution < -0.4 is 0 Å². The predicted octanol–water partition coefficient (Wildman–Crippen LogP) is 1.84. The summed E-state index contributed by atoms with van der Waals surface area (Å²) in [6.45, 7) is 3.46. The second kappa shape index (κ2) is 6.06. The van der Waals surface area contributed by atoms with E-state index < -0.39 is 22.4 Å². The van der Waals surface area contributed by atoms with E-state index in [-0.39, 0.29) is 13.2 Å². The molecule has 2 rings (SSSR count). The molecule has 0 N–H and O–H groups in total. The topological polar surface area (TPSA) is 72.9 Å². The molecule has 6 nitrogen and oxygen atoms in total. The minimum atomic E-state index is -4.05. The zero-order valence-corrected chi connectivity index (χ0v) is 11.6. The molecule has 1 aliphatic heterocycles. The van der Waals surface area contributed by atoms with Crippen molar-refractivity contribution < 1.29 is 22.1 Å².